The average Bonchev–Trinajstić information content (AvgIpc) is 2.93. The molecule has 0 aromatic heterocycles. The van der Waals surface area contributed by atoms with E-state index in [0.29, 0.717) is 5.92 Å². The van der Waals surface area contributed by atoms with Crippen LogP contribution >= 0.6 is 27.5 Å². The molecule has 104 valence electrons. The highest BCUT2D eigenvalue weighted by atomic mass is 79.9. The molecule has 0 aliphatic heterocycles. The fraction of sp³-hybridized carbons (Fsp3) is 0.333. The molecule has 3 rings (SSSR count). The van der Waals surface area contributed by atoms with Gasteiger partial charge in [-0.3, -0.25) is 0 Å². The molecule has 2 heteroatoms. The van der Waals surface area contributed by atoms with Gasteiger partial charge in [-0.05, 0) is 59.9 Å². The van der Waals surface area contributed by atoms with Crippen LogP contribution in [0.15, 0.2) is 42.5 Å². The van der Waals surface area contributed by atoms with Gasteiger partial charge in [0, 0.05) is 10.4 Å². The van der Waals surface area contributed by atoms with Crippen LogP contribution in [-0.4, -0.2) is 5.33 Å². The van der Waals surface area contributed by atoms with Gasteiger partial charge in [0.2, 0.25) is 0 Å². The molecule has 1 unspecified atom stereocenters. The summed E-state index contributed by atoms with van der Waals surface area (Å²) in [7, 11) is 0. The maximum Gasteiger partial charge on any atom is 0.0441 e. The van der Waals surface area contributed by atoms with Crippen LogP contribution in [0.2, 0.25) is 5.02 Å². The van der Waals surface area contributed by atoms with E-state index in [2.05, 4.69) is 46.3 Å². The second kappa shape index (κ2) is 6.32. The average molecular weight is 350 g/mol. The Labute approximate surface area is 134 Å². The first-order valence-electron chi connectivity index (χ1n) is 7.19. The zero-order valence-corrected chi connectivity index (χ0v) is 13.8. The second-order valence-corrected chi connectivity index (χ2v) is 6.59. The maximum atomic E-state index is 6.34. The van der Waals surface area contributed by atoms with Crippen molar-refractivity contribution in [1.82, 2.24) is 0 Å². The lowest BCUT2D eigenvalue weighted by Gasteiger charge is -2.17. The molecule has 2 aromatic rings. The zero-order valence-electron chi connectivity index (χ0n) is 11.4. The van der Waals surface area contributed by atoms with Gasteiger partial charge in [-0.2, -0.15) is 0 Å². The molecule has 1 aliphatic carbocycles. The fourth-order valence-corrected chi connectivity index (χ4v) is 3.96. The summed E-state index contributed by atoms with van der Waals surface area (Å²) in [5, 5.41) is 1.81. The van der Waals surface area contributed by atoms with Gasteiger partial charge < -0.3 is 0 Å². The van der Waals surface area contributed by atoms with E-state index in [1.165, 1.54) is 30.4 Å². The molecule has 0 saturated heterocycles. The van der Waals surface area contributed by atoms with E-state index >= 15 is 0 Å². The topological polar surface area (TPSA) is 0 Å². The SMILES string of the molecule is Clc1ccccc1C(CBr)Cc1ccc2c(c1)CCC2. The smallest absolute Gasteiger partial charge is 0.0441 e. The van der Waals surface area contributed by atoms with Crippen molar-refractivity contribution in [3.8, 4) is 0 Å². The molecular weight excluding hydrogens is 332 g/mol. The largest absolute Gasteiger partial charge is 0.0921 e. The Kier molecular flexibility index (Phi) is 4.48. The molecule has 0 bridgehead atoms. The summed E-state index contributed by atoms with van der Waals surface area (Å²) in [6.45, 7) is 0. The van der Waals surface area contributed by atoms with Crippen LogP contribution in [0, 0.1) is 0 Å². The molecule has 0 amide bonds. The van der Waals surface area contributed by atoms with Crippen LogP contribution in [0.5, 0.6) is 0 Å². The van der Waals surface area contributed by atoms with Gasteiger partial charge in [-0.15, -0.1) is 0 Å². The van der Waals surface area contributed by atoms with Gasteiger partial charge in [0.25, 0.3) is 0 Å². The number of alkyl halides is 1. The lowest BCUT2D eigenvalue weighted by atomic mass is 9.92. The summed E-state index contributed by atoms with van der Waals surface area (Å²) < 4.78 is 0. The van der Waals surface area contributed by atoms with Gasteiger partial charge in [0.1, 0.15) is 0 Å². The summed E-state index contributed by atoms with van der Waals surface area (Å²) in [6.07, 6.45) is 4.85. The summed E-state index contributed by atoms with van der Waals surface area (Å²) in [5.41, 5.74) is 5.76. The highest BCUT2D eigenvalue weighted by Crippen LogP contribution is 2.30. The minimum absolute atomic E-state index is 0.433. The third-order valence-corrected chi connectivity index (χ3v) is 5.30. The predicted molar refractivity (Wildman–Crippen MR) is 90.2 cm³/mol. The Morgan fingerprint density at radius 3 is 2.65 bits per heavy atom. The predicted octanol–water partition coefficient (Wildman–Crippen LogP) is 5.55. The highest BCUT2D eigenvalue weighted by molar-refractivity contribution is 9.09. The number of hydrogen-bond acceptors (Lipinski definition) is 0. The van der Waals surface area contributed by atoms with Gasteiger partial charge in [-0.25, -0.2) is 0 Å². The minimum atomic E-state index is 0.433. The van der Waals surface area contributed by atoms with Crippen molar-refractivity contribution in [3.63, 3.8) is 0 Å². The van der Waals surface area contributed by atoms with Crippen molar-refractivity contribution in [1.29, 1.82) is 0 Å². The van der Waals surface area contributed by atoms with E-state index in [9.17, 15) is 0 Å². The van der Waals surface area contributed by atoms with E-state index in [1.807, 2.05) is 12.1 Å². The van der Waals surface area contributed by atoms with E-state index in [-0.39, 0.29) is 0 Å². The molecule has 1 atom stereocenters. The first kappa shape index (κ1) is 14.2. The Bertz CT molecular complexity index is 606. The lowest BCUT2D eigenvalue weighted by Crippen LogP contribution is -2.05. The number of aryl methyl sites for hydroxylation is 2. The standard InChI is InChI=1S/C18H18BrCl/c19-12-16(17-6-1-2-7-18(17)20)11-13-8-9-14-4-3-5-15(14)10-13/h1-2,6-10,16H,3-5,11-12H2. The van der Waals surface area contributed by atoms with Gasteiger partial charge in [0.05, 0.1) is 0 Å². The van der Waals surface area contributed by atoms with Crippen LogP contribution in [0.25, 0.3) is 0 Å². The Hall–Kier alpha value is -0.790. The molecule has 2 aromatic carbocycles. The summed E-state index contributed by atoms with van der Waals surface area (Å²) >= 11 is 9.98. The molecule has 20 heavy (non-hydrogen) atoms. The van der Waals surface area contributed by atoms with E-state index in [0.717, 1.165) is 16.8 Å². The molecule has 0 saturated carbocycles. The van der Waals surface area contributed by atoms with Crippen molar-refractivity contribution >= 4 is 27.5 Å². The normalized spacial score (nSPS) is 15.1. The summed E-state index contributed by atoms with van der Waals surface area (Å²) in [6, 6.07) is 15.2. The minimum Gasteiger partial charge on any atom is -0.0921 e. The molecular formula is C18H18BrCl. The number of benzene rings is 2. The quantitative estimate of drug-likeness (QED) is 0.635. The van der Waals surface area contributed by atoms with Crippen molar-refractivity contribution < 1.29 is 0 Å². The van der Waals surface area contributed by atoms with Gasteiger partial charge in [0.15, 0.2) is 0 Å². The van der Waals surface area contributed by atoms with Crippen LogP contribution in [0.4, 0.5) is 0 Å². The molecule has 0 radical (unpaired) electrons. The number of fused-ring (bicyclic) bond motifs is 1. The van der Waals surface area contributed by atoms with E-state index in [4.69, 9.17) is 11.6 Å². The van der Waals surface area contributed by atoms with Crippen LogP contribution in [0.3, 0.4) is 0 Å². The molecule has 0 fully saturated rings. The van der Waals surface area contributed by atoms with E-state index < -0.39 is 0 Å². The number of hydrogen-bond donors (Lipinski definition) is 0. The van der Waals surface area contributed by atoms with Gasteiger partial charge >= 0.3 is 0 Å². The first-order chi connectivity index (χ1) is 9.78. The zero-order chi connectivity index (χ0) is 13.9. The third-order valence-electron chi connectivity index (χ3n) is 4.18. The second-order valence-electron chi connectivity index (χ2n) is 5.53. The Balaban J connectivity index is 1.83. The Morgan fingerprint density at radius 2 is 1.85 bits per heavy atom. The summed E-state index contributed by atoms with van der Waals surface area (Å²) in [4.78, 5) is 0. The highest BCUT2D eigenvalue weighted by Gasteiger charge is 2.16. The monoisotopic (exact) mass is 348 g/mol. The fourth-order valence-electron chi connectivity index (χ4n) is 3.09. The van der Waals surface area contributed by atoms with Crippen molar-refractivity contribution in [2.24, 2.45) is 0 Å². The van der Waals surface area contributed by atoms with Crippen LogP contribution in [0.1, 0.15) is 34.6 Å². The van der Waals surface area contributed by atoms with Crippen LogP contribution < -0.4 is 0 Å². The molecule has 0 heterocycles. The van der Waals surface area contributed by atoms with E-state index in [1.54, 1.807) is 11.1 Å². The van der Waals surface area contributed by atoms with Crippen LogP contribution in [-0.2, 0) is 19.3 Å². The molecule has 0 N–H and O–H groups in total. The Morgan fingerprint density at radius 1 is 1.05 bits per heavy atom. The maximum absolute atomic E-state index is 6.34. The molecule has 0 nitrogen and oxygen atoms in total. The number of halogens is 2. The molecule has 1 aliphatic rings. The molecule has 0 spiro atoms. The number of rotatable bonds is 4. The van der Waals surface area contributed by atoms with Crippen molar-refractivity contribution in [2.45, 2.75) is 31.6 Å². The summed E-state index contributed by atoms with van der Waals surface area (Å²) in [5.74, 6) is 0.433. The third kappa shape index (κ3) is 2.94. The van der Waals surface area contributed by atoms with Crippen molar-refractivity contribution in [3.05, 3.63) is 69.7 Å². The van der Waals surface area contributed by atoms with Gasteiger partial charge in [-0.1, -0.05) is 63.9 Å². The van der Waals surface area contributed by atoms with Crippen molar-refractivity contribution in [2.75, 3.05) is 5.33 Å². The first-order valence-corrected chi connectivity index (χ1v) is 8.69. The lowest BCUT2D eigenvalue weighted by molar-refractivity contribution is 0.774.